The number of hydrogen-bond acceptors (Lipinski definition) is 3. The fourth-order valence-corrected chi connectivity index (χ4v) is 1.91. The van der Waals surface area contributed by atoms with Gasteiger partial charge in [0.05, 0.1) is 5.52 Å². The Morgan fingerprint density at radius 2 is 2.00 bits per heavy atom. The summed E-state index contributed by atoms with van der Waals surface area (Å²) < 4.78 is 45.0. The van der Waals surface area contributed by atoms with E-state index in [0.29, 0.717) is 17.9 Å². The van der Waals surface area contributed by atoms with Crippen LogP contribution in [0.3, 0.4) is 0 Å². The summed E-state index contributed by atoms with van der Waals surface area (Å²) in [7, 11) is 3.66. The Labute approximate surface area is 114 Å². The topological polar surface area (TPSA) is 41.1 Å². The minimum Gasteiger partial charge on any atom is -0.492 e. The van der Waals surface area contributed by atoms with E-state index < -0.39 is 11.7 Å². The molecule has 2 aromatic rings. The Balaban J connectivity index is 2.42. The Hall–Kier alpha value is -1.76. The van der Waals surface area contributed by atoms with Crippen molar-refractivity contribution in [1.82, 2.24) is 14.9 Å². The number of nitrogens with zero attached hydrogens (tertiary/aromatic N) is 2. The van der Waals surface area contributed by atoms with Gasteiger partial charge in [0.2, 0.25) is 0 Å². The van der Waals surface area contributed by atoms with Crippen LogP contribution in [0.15, 0.2) is 12.1 Å². The van der Waals surface area contributed by atoms with E-state index in [2.05, 4.69) is 9.97 Å². The standard InChI is InChI=1S/C13H16F3N3O/c1-8-17-9-4-5-10(20-7-6-19(2)3)11(12(9)18-8)13(14,15)16/h4-5H,6-7H2,1-3H3,(H,17,18). The van der Waals surface area contributed by atoms with Crippen LogP contribution >= 0.6 is 0 Å². The lowest BCUT2D eigenvalue weighted by Crippen LogP contribution is -2.20. The monoisotopic (exact) mass is 287 g/mol. The van der Waals surface area contributed by atoms with Crippen LogP contribution in [0.1, 0.15) is 11.4 Å². The molecule has 0 unspecified atom stereocenters. The number of ether oxygens (including phenoxy) is 1. The molecule has 2 rings (SSSR count). The van der Waals surface area contributed by atoms with Crippen molar-refractivity contribution < 1.29 is 17.9 Å². The Bertz CT molecular complexity index is 605. The van der Waals surface area contributed by atoms with Crippen molar-refractivity contribution in [1.29, 1.82) is 0 Å². The molecule has 0 radical (unpaired) electrons. The van der Waals surface area contributed by atoms with Crippen molar-refractivity contribution in [3.8, 4) is 5.75 Å². The number of rotatable bonds is 4. The van der Waals surface area contributed by atoms with E-state index in [9.17, 15) is 13.2 Å². The molecule has 0 spiro atoms. The molecular formula is C13H16F3N3O. The number of benzene rings is 1. The number of hydrogen-bond donors (Lipinski definition) is 1. The van der Waals surface area contributed by atoms with Gasteiger partial charge in [0.1, 0.15) is 29.3 Å². The summed E-state index contributed by atoms with van der Waals surface area (Å²) in [5.74, 6) is 0.259. The predicted octanol–water partition coefficient (Wildman–Crippen LogP) is 2.83. The maximum Gasteiger partial charge on any atom is 0.422 e. The molecule has 0 atom stereocenters. The third kappa shape index (κ3) is 3.04. The molecule has 1 aromatic carbocycles. The lowest BCUT2D eigenvalue weighted by molar-refractivity contribution is -0.137. The van der Waals surface area contributed by atoms with E-state index >= 15 is 0 Å². The van der Waals surface area contributed by atoms with Gasteiger partial charge in [-0.2, -0.15) is 13.2 Å². The molecule has 0 bridgehead atoms. The second-order valence-electron chi connectivity index (χ2n) is 4.81. The molecule has 0 aliphatic heterocycles. The van der Waals surface area contributed by atoms with Crippen LogP contribution in [-0.2, 0) is 6.18 Å². The molecule has 0 saturated heterocycles. The molecule has 0 saturated carbocycles. The van der Waals surface area contributed by atoms with Crippen molar-refractivity contribution in [2.45, 2.75) is 13.1 Å². The molecule has 1 N–H and O–H groups in total. The zero-order chi connectivity index (χ0) is 14.9. The summed E-state index contributed by atoms with van der Waals surface area (Å²) in [6, 6.07) is 2.88. The van der Waals surface area contributed by atoms with Crippen LogP contribution in [0.5, 0.6) is 5.75 Å². The molecule has 20 heavy (non-hydrogen) atoms. The number of imidazole rings is 1. The highest BCUT2D eigenvalue weighted by Crippen LogP contribution is 2.40. The van der Waals surface area contributed by atoms with Gasteiger partial charge in [-0.05, 0) is 33.2 Å². The second-order valence-corrected chi connectivity index (χ2v) is 4.81. The number of halogens is 3. The zero-order valence-electron chi connectivity index (χ0n) is 11.5. The van der Waals surface area contributed by atoms with Crippen LogP contribution in [0.25, 0.3) is 11.0 Å². The van der Waals surface area contributed by atoms with Crippen LogP contribution < -0.4 is 4.74 Å². The maximum atomic E-state index is 13.2. The molecule has 0 aliphatic rings. The number of aromatic nitrogens is 2. The minimum atomic E-state index is -4.51. The molecule has 1 aromatic heterocycles. The third-order valence-electron chi connectivity index (χ3n) is 2.81. The fourth-order valence-electron chi connectivity index (χ4n) is 1.91. The number of H-pyrrole nitrogens is 1. The largest absolute Gasteiger partial charge is 0.492 e. The van der Waals surface area contributed by atoms with Gasteiger partial charge >= 0.3 is 6.18 Å². The molecule has 4 nitrogen and oxygen atoms in total. The quantitative estimate of drug-likeness (QED) is 0.940. The van der Waals surface area contributed by atoms with E-state index in [1.807, 2.05) is 19.0 Å². The van der Waals surface area contributed by atoms with Crippen molar-refractivity contribution in [3.05, 3.63) is 23.5 Å². The average molecular weight is 287 g/mol. The smallest absolute Gasteiger partial charge is 0.422 e. The first-order valence-electron chi connectivity index (χ1n) is 6.13. The molecule has 0 amide bonds. The highest BCUT2D eigenvalue weighted by Gasteiger charge is 2.37. The van der Waals surface area contributed by atoms with Gasteiger partial charge in [-0.15, -0.1) is 0 Å². The Morgan fingerprint density at radius 1 is 1.30 bits per heavy atom. The first kappa shape index (κ1) is 14.6. The number of aryl methyl sites for hydroxylation is 1. The van der Waals surface area contributed by atoms with Crippen LogP contribution in [0.4, 0.5) is 13.2 Å². The summed E-state index contributed by atoms with van der Waals surface area (Å²) >= 11 is 0. The SMILES string of the molecule is Cc1nc2c(C(F)(F)F)c(OCCN(C)C)ccc2[nH]1. The first-order chi connectivity index (χ1) is 9.29. The summed E-state index contributed by atoms with van der Waals surface area (Å²) in [6.07, 6.45) is -4.51. The van der Waals surface area contributed by atoms with Gasteiger partial charge in [0, 0.05) is 6.54 Å². The second kappa shape index (κ2) is 5.32. The lowest BCUT2D eigenvalue weighted by Gasteiger charge is -2.16. The van der Waals surface area contributed by atoms with E-state index in [0.717, 1.165) is 0 Å². The van der Waals surface area contributed by atoms with Crippen molar-refractivity contribution in [2.75, 3.05) is 27.2 Å². The maximum absolute atomic E-state index is 13.2. The van der Waals surface area contributed by atoms with Gasteiger partial charge in [-0.25, -0.2) is 4.98 Å². The molecule has 1 heterocycles. The van der Waals surface area contributed by atoms with Crippen molar-refractivity contribution in [3.63, 3.8) is 0 Å². The predicted molar refractivity (Wildman–Crippen MR) is 69.9 cm³/mol. The van der Waals surface area contributed by atoms with Crippen molar-refractivity contribution in [2.24, 2.45) is 0 Å². The number of aromatic amines is 1. The van der Waals surface area contributed by atoms with E-state index in [-0.39, 0.29) is 17.9 Å². The van der Waals surface area contributed by atoms with Crippen LogP contribution in [0, 0.1) is 6.92 Å². The molecule has 0 fully saturated rings. The van der Waals surface area contributed by atoms with Crippen molar-refractivity contribution >= 4 is 11.0 Å². The molecule has 110 valence electrons. The number of alkyl halides is 3. The highest BCUT2D eigenvalue weighted by atomic mass is 19.4. The summed E-state index contributed by atoms with van der Waals surface area (Å²) in [4.78, 5) is 8.55. The summed E-state index contributed by atoms with van der Waals surface area (Å²) in [5, 5.41) is 0. The van der Waals surface area contributed by atoms with Gasteiger partial charge in [-0.1, -0.05) is 0 Å². The van der Waals surface area contributed by atoms with Crippen LogP contribution in [-0.4, -0.2) is 42.1 Å². The summed E-state index contributed by atoms with van der Waals surface area (Å²) in [5.41, 5.74) is -0.565. The average Bonchev–Trinajstić information content (AvgIpc) is 2.66. The Kier molecular flexibility index (Phi) is 3.89. The minimum absolute atomic E-state index is 0.0997. The zero-order valence-corrected chi connectivity index (χ0v) is 11.5. The van der Waals surface area contributed by atoms with E-state index in [1.54, 1.807) is 13.0 Å². The van der Waals surface area contributed by atoms with E-state index in [1.165, 1.54) is 6.07 Å². The number of nitrogens with one attached hydrogen (secondary N) is 1. The molecule has 7 heteroatoms. The normalized spacial score (nSPS) is 12.3. The first-order valence-corrected chi connectivity index (χ1v) is 6.13. The van der Waals surface area contributed by atoms with Gasteiger partial charge < -0.3 is 14.6 Å². The highest BCUT2D eigenvalue weighted by molar-refractivity contribution is 5.82. The molecule has 0 aliphatic carbocycles. The van der Waals surface area contributed by atoms with E-state index in [4.69, 9.17) is 4.74 Å². The fraction of sp³-hybridized carbons (Fsp3) is 0.462. The third-order valence-corrected chi connectivity index (χ3v) is 2.81. The summed E-state index contributed by atoms with van der Waals surface area (Å²) in [6.45, 7) is 2.34. The van der Waals surface area contributed by atoms with Gasteiger partial charge in [0.15, 0.2) is 0 Å². The Morgan fingerprint density at radius 3 is 2.60 bits per heavy atom. The number of likely N-dealkylation sites (N-methyl/N-ethyl adjacent to an activating group) is 1. The van der Waals surface area contributed by atoms with Crippen LogP contribution in [0.2, 0.25) is 0 Å². The molecular weight excluding hydrogens is 271 g/mol. The van der Waals surface area contributed by atoms with Gasteiger partial charge in [0.25, 0.3) is 0 Å². The number of fused-ring (bicyclic) bond motifs is 1. The van der Waals surface area contributed by atoms with Gasteiger partial charge in [-0.3, -0.25) is 0 Å². The lowest BCUT2D eigenvalue weighted by atomic mass is 10.1.